The van der Waals surface area contributed by atoms with E-state index in [1.807, 2.05) is 12.1 Å². The van der Waals surface area contributed by atoms with Gasteiger partial charge in [-0.3, -0.25) is 4.79 Å². The molecule has 0 spiro atoms. The highest BCUT2D eigenvalue weighted by Gasteiger charge is 2.10. The lowest BCUT2D eigenvalue weighted by atomic mass is 10.1. The van der Waals surface area contributed by atoms with Crippen molar-refractivity contribution in [3.05, 3.63) is 36.0 Å². The first-order valence-electron chi connectivity index (χ1n) is 5.67. The Bertz CT molecular complexity index is 523. The molecule has 84 valence electrons. The van der Waals surface area contributed by atoms with E-state index in [4.69, 9.17) is 0 Å². The molecular formula is C14H17NO. The maximum absolute atomic E-state index is 11.2. The van der Waals surface area contributed by atoms with Gasteiger partial charge in [0.2, 0.25) is 0 Å². The van der Waals surface area contributed by atoms with Crippen LogP contribution in [-0.2, 0) is 11.2 Å². The fraction of sp³-hybridized carbons (Fsp3) is 0.357. The molecule has 2 aromatic rings. The number of Topliss-reactive ketones (excluding diaryl/α,β-unsaturated/α-hetero) is 1. The number of ketones is 1. The number of carbonyl (C=O) groups is 1. The standard InChI is InChI=1S/C14H17NO/c1-10(2)15-9-12(8-11(3)16)13-6-4-5-7-14(13)15/h4-7,9-10H,8H2,1-3H3. The molecule has 2 nitrogen and oxygen atoms in total. The third kappa shape index (κ3) is 1.87. The minimum Gasteiger partial charge on any atom is -0.345 e. The molecule has 0 radical (unpaired) electrons. The highest BCUT2D eigenvalue weighted by Crippen LogP contribution is 2.24. The Morgan fingerprint density at radius 3 is 2.62 bits per heavy atom. The molecule has 1 heterocycles. The Balaban J connectivity index is 2.62. The molecule has 0 atom stereocenters. The molecule has 0 saturated heterocycles. The summed E-state index contributed by atoms with van der Waals surface area (Å²) in [6.45, 7) is 5.95. The summed E-state index contributed by atoms with van der Waals surface area (Å²) >= 11 is 0. The molecule has 1 aromatic carbocycles. The van der Waals surface area contributed by atoms with Gasteiger partial charge in [0.1, 0.15) is 5.78 Å². The summed E-state index contributed by atoms with van der Waals surface area (Å²) in [7, 11) is 0. The molecular weight excluding hydrogens is 198 g/mol. The third-order valence-electron chi connectivity index (χ3n) is 2.82. The zero-order valence-corrected chi connectivity index (χ0v) is 10.0. The van der Waals surface area contributed by atoms with Crippen molar-refractivity contribution in [2.75, 3.05) is 0 Å². The van der Waals surface area contributed by atoms with Crippen molar-refractivity contribution >= 4 is 16.7 Å². The number of aromatic nitrogens is 1. The summed E-state index contributed by atoms with van der Waals surface area (Å²) in [6, 6.07) is 8.69. The van der Waals surface area contributed by atoms with Gasteiger partial charge >= 0.3 is 0 Å². The van der Waals surface area contributed by atoms with E-state index in [0.29, 0.717) is 12.5 Å². The van der Waals surface area contributed by atoms with E-state index in [1.165, 1.54) is 10.9 Å². The molecule has 2 heteroatoms. The lowest BCUT2D eigenvalue weighted by molar-refractivity contribution is -0.116. The van der Waals surface area contributed by atoms with Crippen molar-refractivity contribution in [3.63, 3.8) is 0 Å². The molecule has 0 aliphatic rings. The summed E-state index contributed by atoms with van der Waals surface area (Å²) in [5.41, 5.74) is 2.35. The first-order valence-corrected chi connectivity index (χ1v) is 5.67. The van der Waals surface area contributed by atoms with Crippen LogP contribution in [0.1, 0.15) is 32.4 Å². The normalized spacial score (nSPS) is 11.2. The highest BCUT2D eigenvalue weighted by atomic mass is 16.1. The zero-order valence-electron chi connectivity index (χ0n) is 10.0. The average molecular weight is 215 g/mol. The molecule has 0 bridgehead atoms. The van der Waals surface area contributed by atoms with Gasteiger partial charge in [0, 0.05) is 29.6 Å². The zero-order chi connectivity index (χ0) is 11.7. The van der Waals surface area contributed by atoms with E-state index in [9.17, 15) is 4.79 Å². The van der Waals surface area contributed by atoms with E-state index in [2.05, 4.69) is 36.7 Å². The second-order valence-electron chi connectivity index (χ2n) is 4.55. The predicted octanol–water partition coefficient (Wildman–Crippen LogP) is 3.35. The van der Waals surface area contributed by atoms with Crippen molar-refractivity contribution in [3.8, 4) is 0 Å². The Labute approximate surface area is 95.9 Å². The van der Waals surface area contributed by atoms with Crippen LogP contribution in [0.4, 0.5) is 0 Å². The van der Waals surface area contributed by atoms with E-state index < -0.39 is 0 Å². The summed E-state index contributed by atoms with van der Waals surface area (Å²) < 4.78 is 2.23. The SMILES string of the molecule is CC(=O)Cc1cn(C(C)C)c2ccccc12. The molecule has 0 aliphatic carbocycles. The number of benzene rings is 1. The lowest BCUT2D eigenvalue weighted by Gasteiger charge is -2.08. The van der Waals surface area contributed by atoms with Gasteiger partial charge in [0.15, 0.2) is 0 Å². The van der Waals surface area contributed by atoms with Crippen LogP contribution < -0.4 is 0 Å². The Morgan fingerprint density at radius 1 is 1.31 bits per heavy atom. The maximum Gasteiger partial charge on any atom is 0.134 e. The number of carbonyl (C=O) groups excluding carboxylic acids is 1. The number of fused-ring (bicyclic) bond motifs is 1. The molecule has 0 aliphatic heterocycles. The minimum atomic E-state index is 0.214. The number of hydrogen-bond acceptors (Lipinski definition) is 1. The van der Waals surface area contributed by atoms with Gasteiger partial charge in [0.25, 0.3) is 0 Å². The van der Waals surface area contributed by atoms with Crippen molar-refractivity contribution in [2.24, 2.45) is 0 Å². The predicted molar refractivity (Wildman–Crippen MR) is 66.7 cm³/mol. The van der Waals surface area contributed by atoms with Gasteiger partial charge in [-0.2, -0.15) is 0 Å². The van der Waals surface area contributed by atoms with Crippen molar-refractivity contribution < 1.29 is 4.79 Å². The number of nitrogens with zero attached hydrogens (tertiary/aromatic N) is 1. The molecule has 1 aromatic heterocycles. The molecule has 0 saturated carbocycles. The van der Waals surface area contributed by atoms with Crippen LogP contribution >= 0.6 is 0 Å². The average Bonchev–Trinajstić information content (AvgIpc) is 2.57. The van der Waals surface area contributed by atoms with Gasteiger partial charge in [-0.25, -0.2) is 0 Å². The fourth-order valence-corrected chi connectivity index (χ4v) is 2.11. The Kier molecular flexibility index (Phi) is 2.82. The lowest BCUT2D eigenvalue weighted by Crippen LogP contribution is -1.98. The third-order valence-corrected chi connectivity index (χ3v) is 2.82. The van der Waals surface area contributed by atoms with Crippen LogP contribution in [-0.4, -0.2) is 10.4 Å². The van der Waals surface area contributed by atoms with Crippen molar-refractivity contribution in [1.29, 1.82) is 0 Å². The second-order valence-corrected chi connectivity index (χ2v) is 4.55. The highest BCUT2D eigenvalue weighted by molar-refractivity contribution is 5.89. The van der Waals surface area contributed by atoms with Gasteiger partial charge in [-0.05, 0) is 32.4 Å². The van der Waals surface area contributed by atoms with Crippen molar-refractivity contribution in [1.82, 2.24) is 4.57 Å². The molecule has 2 rings (SSSR count). The van der Waals surface area contributed by atoms with Crippen LogP contribution in [0.5, 0.6) is 0 Å². The van der Waals surface area contributed by atoms with Crippen LogP contribution in [0.2, 0.25) is 0 Å². The van der Waals surface area contributed by atoms with E-state index in [1.54, 1.807) is 6.92 Å². The number of para-hydroxylation sites is 1. The minimum absolute atomic E-state index is 0.214. The van der Waals surface area contributed by atoms with Crippen LogP contribution in [0.25, 0.3) is 10.9 Å². The fourth-order valence-electron chi connectivity index (χ4n) is 2.11. The van der Waals surface area contributed by atoms with Crippen LogP contribution in [0, 0.1) is 0 Å². The number of hydrogen-bond donors (Lipinski definition) is 0. The van der Waals surface area contributed by atoms with E-state index in [-0.39, 0.29) is 5.78 Å². The first kappa shape index (κ1) is 10.9. The van der Waals surface area contributed by atoms with E-state index in [0.717, 1.165) is 5.56 Å². The van der Waals surface area contributed by atoms with Gasteiger partial charge < -0.3 is 4.57 Å². The smallest absolute Gasteiger partial charge is 0.134 e. The maximum atomic E-state index is 11.2. The summed E-state index contributed by atoms with van der Waals surface area (Å²) in [6.07, 6.45) is 2.64. The first-order chi connectivity index (χ1) is 7.59. The largest absolute Gasteiger partial charge is 0.345 e. The molecule has 0 amide bonds. The van der Waals surface area contributed by atoms with Crippen LogP contribution in [0.3, 0.4) is 0 Å². The van der Waals surface area contributed by atoms with Crippen molar-refractivity contribution in [2.45, 2.75) is 33.2 Å². The Hall–Kier alpha value is -1.57. The summed E-state index contributed by atoms with van der Waals surface area (Å²) in [4.78, 5) is 11.2. The molecule has 0 N–H and O–H groups in total. The van der Waals surface area contributed by atoms with Gasteiger partial charge in [0.05, 0.1) is 0 Å². The summed E-state index contributed by atoms with van der Waals surface area (Å²) in [5, 5.41) is 1.20. The topological polar surface area (TPSA) is 22.0 Å². The molecule has 0 fully saturated rings. The monoisotopic (exact) mass is 215 g/mol. The van der Waals surface area contributed by atoms with Gasteiger partial charge in [-0.15, -0.1) is 0 Å². The Morgan fingerprint density at radius 2 is 2.00 bits per heavy atom. The number of rotatable bonds is 3. The molecule has 16 heavy (non-hydrogen) atoms. The quantitative estimate of drug-likeness (QED) is 0.769. The van der Waals surface area contributed by atoms with Gasteiger partial charge in [-0.1, -0.05) is 18.2 Å². The summed E-state index contributed by atoms with van der Waals surface area (Å²) in [5.74, 6) is 0.214. The van der Waals surface area contributed by atoms with E-state index >= 15 is 0 Å². The van der Waals surface area contributed by atoms with Crippen LogP contribution in [0.15, 0.2) is 30.5 Å². The molecule has 0 unspecified atom stereocenters. The second kappa shape index (κ2) is 4.12.